The first-order valence-corrected chi connectivity index (χ1v) is 5.52. The third kappa shape index (κ3) is 1.36. The number of nitrogens with zero attached hydrogens (tertiary/aromatic N) is 1. The number of aromatic nitrogens is 1. The van der Waals surface area contributed by atoms with Crippen molar-refractivity contribution >= 4 is 26.7 Å². The van der Waals surface area contributed by atoms with Gasteiger partial charge in [-0.1, -0.05) is 23.5 Å². The minimum atomic E-state index is 0.321. The second-order valence-electron chi connectivity index (χ2n) is 3.64. The monoisotopic (exact) mass is 205 g/mol. The predicted molar refractivity (Wildman–Crippen MR) is 59.6 cm³/mol. The Kier molecular flexibility index (Phi) is 1.72. The predicted octanol–water partition coefficient (Wildman–Crippen LogP) is 1.81. The largest absolute Gasteiger partial charge is 0.357 e. The highest BCUT2D eigenvalue weighted by Crippen LogP contribution is 2.30. The molecule has 1 saturated carbocycles. The van der Waals surface area contributed by atoms with Crippen LogP contribution in [0, 0.1) is 0 Å². The van der Waals surface area contributed by atoms with E-state index >= 15 is 0 Å². The number of fused-ring (bicyclic) bond motifs is 1. The summed E-state index contributed by atoms with van der Waals surface area (Å²) in [6.07, 6.45) is 1.07. The van der Waals surface area contributed by atoms with Gasteiger partial charge in [0.15, 0.2) is 5.13 Å². The molecule has 3 rings (SSSR count). The van der Waals surface area contributed by atoms with Crippen LogP contribution < -0.4 is 11.1 Å². The van der Waals surface area contributed by atoms with Gasteiger partial charge in [0.1, 0.15) is 0 Å². The van der Waals surface area contributed by atoms with Crippen LogP contribution in [0.15, 0.2) is 24.3 Å². The number of benzene rings is 1. The zero-order chi connectivity index (χ0) is 9.54. The van der Waals surface area contributed by atoms with E-state index in [0.717, 1.165) is 17.1 Å². The second kappa shape index (κ2) is 2.93. The number of para-hydroxylation sites is 1. The molecule has 0 aliphatic heterocycles. The molecule has 2 unspecified atom stereocenters. The van der Waals surface area contributed by atoms with Crippen molar-refractivity contribution in [2.75, 3.05) is 5.32 Å². The van der Waals surface area contributed by atoms with Crippen LogP contribution in [-0.2, 0) is 0 Å². The van der Waals surface area contributed by atoms with Crippen LogP contribution in [0.3, 0.4) is 0 Å². The maximum atomic E-state index is 5.72. The summed E-state index contributed by atoms with van der Waals surface area (Å²) in [5.41, 5.74) is 6.79. The quantitative estimate of drug-likeness (QED) is 0.786. The smallest absolute Gasteiger partial charge is 0.184 e. The molecule has 72 valence electrons. The Morgan fingerprint density at radius 3 is 2.93 bits per heavy atom. The molecule has 0 saturated heterocycles. The average molecular weight is 205 g/mol. The highest BCUT2D eigenvalue weighted by atomic mass is 32.1. The SMILES string of the molecule is NC1CC1Nc1nc2ccccc2s1. The Balaban J connectivity index is 1.90. The molecule has 4 heteroatoms. The molecule has 1 aliphatic rings. The van der Waals surface area contributed by atoms with Crippen LogP contribution in [0.4, 0.5) is 5.13 Å². The number of anilines is 1. The van der Waals surface area contributed by atoms with Crippen molar-refractivity contribution in [2.45, 2.75) is 18.5 Å². The van der Waals surface area contributed by atoms with Crippen molar-refractivity contribution in [3.8, 4) is 0 Å². The van der Waals surface area contributed by atoms with Crippen molar-refractivity contribution in [2.24, 2.45) is 5.73 Å². The van der Waals surface area contributed by atoms with Crippen molar-refractivity contribution in [1.82, 2.24) is 4.98 Å². The van der Waals surface area contributed by atoms with Crippen LogP contribution in [0.25, 0.3) is 10.2 Å². The van der Waals surface area contributed by atoms with E-state index in [9.17, 15) is 0 Å². The lowest BCUT2D eigenvalue weighted by Crippen LogP contribution is -2.12. The lowest BCUT2D eigenvalue weighted by Gasteiger charge is -1.96. The fourth-order valence-corrected chi connectivity index (χ4v) is 2.40. The molecule has 3 nitrogen and oxygen atoms in total. The number of nitrogens with one attached hydrogen (secondary N) is 1. The van der Waals surface area contributed by atoms with Gasteiger partial charge in [0, 0.05) is 12.1 Å². The van der Waals surface area contributed by atoms with Gasteiger partial charge in [0.2, 0.25) is 0 Å². The molecule has 0 bridgehead atoms. The number of hydrogen-bond donors (Lipinski definition) is 2. The summed E-state index contributed by atoms with van der Waals surface area (Å²) in [5.74, 6) is 0. The highest BCUT2D eigenvalue weighted by Gasteiger charge is 2.33. The second-order valence-corrected chi connectivity index (χ2v) is 4.67. The molecule has 1 aliphatic carbocycles. The average Bonchev–Trinajstić information content (AvgIpc) is 2.74. The Bertz CT molecular complexity index is 432. The maximum Gasteiger partial charge on any atom is 0.184 e. The molecule has 0 spiro atoms. The molecule has 0 amide bonds. The van der Waals surface area contributed by atoms with Crippen LogP contribution in [0.1, 0.15) is 6.42 Å². The van der Waals surface area contributed by atoms with E-state index in [-0.39, 0.29) is 0 Å². The summed E-state index contributed by atoms with van der Waals surface area (Å²) in [6.45, 7) is 0. The minimum Gasteiger partial charge on any atom is -0.357 e. The van der Waals surface area contributed by atoms with Crippen LogP contribution >= 0.6 is 11.3 Å². The molecular formula is C10H11N3S. The first-order chi connectivity index (χ1) is 6.83. The van der Waals surface area contributed by atoms with Crippen LogP contribution in [0.2, 0.25) is 0 Å². The van der Waals surface area contributed by atoms with Crippen LogP contribution in [0.5, 0.6) is 0 Å². The van der Waals surface area contributed by atoms with Crippen molar-refractivity contribution < 1.29 is 0 Å². The van der Waals surface area contributed by atoms with E-state index in [1.165, 1.54) is 4.70 Å². The third-order valence-corrected chi connectivity index (χ3v) is 3.41. The molecule has 14 heavy (non-hydrogen) atoms. The molecule has 1 aromatic heterocycles. The van der Waals surface area contributed by atoms with Gasteiger partial charge in [0.25, 0.3) is 0 Å². The maximum absolute atomic E-state index is 5.72. The van der Waals surface area contributed by atoms with Gasteiger partial charge in [-0.25, -0.2) is 4.98 Å². The van der Waals surface area contributed by atoms with Gasteiger partial charge < -0.3 is 11.1 Å². The van der Waals surface area contributed by atoms with Gasteiger partial charge in [0.05, 0.1) is 10.2 Å². The Labute approximate surface area is 86.0 Å². The summed E-state index contributed by atoms with van der Waals surface area (Å²) >= 11 is 1.69. The molecule has 2 atom stereocenters. The Morgan fingerprint density at radius 2 is 2.21 bits per heavy atom. The number of nitrogens with two attached hydrogens (primary N) is 1. The van der Waals surface area contributed by atoms with Gasteiger partial charge in [-0.2, -0.15) is 0 Å². The van der Waals surface area contributed by atoms with Crippen molar-refractivity contribution in [3.63, 3.8) is 0 Å². The highest BCUT2D eigenvalue weighted by molar-refractivity contribution is 7.22. The zero-order valence-electron chi connectivity index (χ0n) is 7.60. The number of rotatable bonds is 2. The molecule has 1 heterocycles. The summed E-state index contributed by atoms with van der Waals surface area (Å²) in [4.78, 5) is 4.48. The van der Waals surface area contributed by atoms with Crippen LogP contribution in [-0.4, -0.2) is 17.1 Å². The van der Waals surface area contributed by atoms with E-state index in [2.05, 4.69) is 16.4 Å². The lowest BCUT2D eigenvalue weighted by molar-refractivity contribution is 1.00. The number of thiazole rings is 1. The first kappa shape index (κ1) is 8.20. The summed E-state index contributed by atoms with van der Waals surface area (Å²) < 4.78 is 1.23. The fraction of sp³-hybridized carbons (Fsp3) is 0.300. The standard InChI is InChI=1S/C10H11N3S/c11-6-5-8(6)13-10-12-7-3-1-2-4-9(7)14-10/h1-4,6,8H,5,11H2,(H,12,13). The van der Waals surface area contributed by atoms with Crippen molar-refractivity contribution in [3.05, 3.63) is 24.3 Å². The fourth-order valence-electron chi connectivity index (χ4n) is 1.47. The van der Waals surface area contributed by atoms with Gasteiger partial charge in [-0.3, -0.25) is 0 Å². The zero-order valence-corrected chi connectivity index (χ0v) is 8.42. The summed E-state index contributed by atoms with van der Waals surface area (Å²) in [6, 6.07) is 8.93. The molecule has 1 fully saturated rings. The minimum absolute atomic E-state index is 0.321. The third-order valence-electron chi connectivity index (χ3n) is 2.44. The van der Waals surface area contributed by atoms with E-state index in [1.807, 2.05) is 18.2 Å². The lowest BCUT2D eigenvalue weighted by atomic mass is 10.3. The normalized spacial score (nSPS) is 25.2. The van der Waals surface area contributed by atoms with E-state index in [1.54, 1.807) is 11.3 Å². The molecule has 3 N–H and O–H groups in total. The Hall–Kier alpha value is -1.13. The molecule has 0 radical (unpaired) electrons. The molecule has 1 aromatic carbocycles. The molecular weight excluding hydrogens is 194 g/mol. The number of hydrogen-bond acceptors (Lipinski definition) is 4. The Morgan fingerprint density at radius 1 is 1.43 bits per heavy atom. The first-order valence-electron chi connectivity index (χ1n) is 4.70. The van der Waals surface area contributed by atoms with Gasteiger partial charge >= 0.3 is 0 Å². The van der Waals surface area contributed by atoms with Gasteiger partial charge in [-0.05, 0) is 18.6 Å². The molecule has 2 aromatic rings. The topological polar surface area (TPSA) is 50.9 Å². The van der Waals surface area contributed by atoms with E-state index in [0.29, 0.717) is 12.1 Å². The summed E-state index contributed by atoms with van der Waals surface area (Å²) in [5, 5.41) is 4.33. The van der Waals surface area contributed by atoms with E-state index < -0.39 is 0 Å². The summed E-state index contributed by atoms with van der Waals surface area (Å²) in [7, 11) is 0. The van der Waals surface area contributed by atoms with Gasteiger partial charge in [-0.15, -0.1) is 0 Å². The van der Waals surface area contributed by atoms with E-state index in [4.69, 9.17) is 5.73 Å². The van der Waals surface area contributed by atoms with Crippen molar-refractivity contribution in [1.29, 1.82) is 0 Å².